The molecule has 3 rings (SSSR count). The maximum atomic E-state index is 13.0. The van der Waals surface area contributed by atoms with Gasteiger partial charge in [0, 0.05) is 0 Å². The van der Waals surface area contributed by atoms with Gasteiger partial charge in [-0.3, -0.25) is 0 Å². The van der Waals surface area contributed by atoms with Gasteiger partial charge in [-0.2, -0.15) is 28.8 Å². The summed E-state index contributed by atoms with van der Waals surface area (Å²) < 4.78 is 45.5. The number of rotatable bonds is 3. The van der Waals surface area contributed by atoms with Gasteiger partial charge in [0.05, 0.1) is 22.7 Å². The Morgan fingerprint density at radius 2 is 1.83 bits per heavy atom. The van der Waals surface area contributed by atoms with E-state index in [-0.39, 0.29) is 49.0 Å². The zero-order valence-corrected chi connectivity index (χ0v) is 17.2. The summed E-state index contributed by atoms with van der Waals surface area (Å²) in [6.45, 7) is 0. The minimum Gasteiger partial charge on any atom is -0.492 e. The molecule has 13 heteroatoms. The van der Waals surface area contributed by atoms with Crippen LogP contribution in [0.25, 0.3) is 17.2 Å². The quantitative estimate of drug-likeness (QED) is 0.533. The van der Waals surface area contributed by atoms with E-state index in [0.717, 1.165) is 16.8 Å². The summed E-state index contributed by atoms with van der Waals surface area (Å²) in [7, 11) is 1.32. The van der Waals surface area contributed by atoms with Crippen LogP contribution < -0.4 is 4.74 Å². The maximum Gasteiger partial charge on any atom is 0.416 e. The van der Waals surface area contributed by atoms with Crippen molar-refractivity contribution in [2.24, 2.45) is 0 Å². The minimum absolute atomic E-state index is 0.0357. The summed E-state index contributed by atoms with van der Waals surface area (Å²) in [5.74, 6) is 0.160. The van der Waals surface area contributed by atoms with Crippen molar-refractivity contribution in [3.63, 3.8) is 0 Å². The van der Waals surface area contributed by atoms with E-state index in [1.54, 1.807) is 12.1 Å². The van der Waals surface area contributed by atoms with Crippen molar-refractivity contribution in [1.82, 2.24) is 19.7 Å². The summed E-state index contributed by atoms with van der Waals surface area (Å²) in [5.41, 5.74) is -1.22. The Labute approximate surface area is 179 Å². The number of alkyl halides is 3. The molecule has 0 aliphatic carbocycles. The van der Waals surface area contributed by atoms with Crippen LogP contribution in [0.15, 0.2) is 16.7 Å². The average molecular weight is 506 g/mol. The van der Waals surface area contributed by atoms with Crippen LogP contribution in [-0.2, 0) is 6.18 Å². The fraction of sp³-hybridized carbons (Fsp3) is 0.125. The van der Waals surface area contributed by atoms with Gasteiger partial charge < -0.3 is 9.72 Å². The van der Waals surface area contributed by atoms with Crippen LogP contribution in [0.4, 0.5) is 13.2 Å². The van der Waals surface area contributed by atoms with Crippen molar-refractivity contribution in [2.75, 3.05) is 7.11 Å². The van der Waals surface area contributed by atoms with E-state index in [1.165, 1.54) is 7.11 Å². The van der Waals surface area contributed by atoms with Crippen LogP contribution in [0.5, 0.6) is 5.75 Å². The second kappa shape index (κ2) is 7.59. The second-order valence-corrected chi connectivity index (χ2v) is 6.97. The number of H-pyrrole nitrogens is 1. The van der Waals surface area contributed by atoms with E-state index in [0.29, 0.717) is 0 Å². The zero-order valence-electron chi connectivity index (χ0n) is 14.1. The lowest BCUT2D eigenvalue weighted by molar-refractivity contribution is -0.137. The Hall–Kier alpha value is -2.73. The molecular formula is C16H6BrCl2F3N6O. The van der Waals surface area contributed by atoms with Crippen molar-refractivity contribution in [3.8, 4) is 35.1 Å². The Kier molecular flexibility index (Phi) is 5.50. The first kappa shape index (κ1) is 21.0. The van der Waals surface area contributed by atoms with Crippen molar-refractivity contribution >= 4 is 39.1 Å². The molecule has 0 atom stereocenters. The lowest BCUT2D eigenvalue weighted by atomic mass is 10.2. The number of nitrogens with zero attached hydrogens (tertiary/aromatic N) is 5. The van der Waals surface area contributed by atoms with Gasteiger partial charge in [-0.05, 0) is 28.1 Å². The Morgan fingerprint density at radius 3 is 2.28 bits per heavy atom. The molecule has 1 N–H and O–H groups in total. The molecule has 2 heterocycles. The Balaban J connectivity index is 2.23. The normalized spacial score (nSPS) is 11.2. The van der Waals surface area contributed by atoms with Crippen LogP contribution in [0.3, 0.4) is 0 Å². The SMILES string of the molecule is COc1c(-c2nc(C#N)c(C#N)[nH]2)nn(-c2c(Cl)cc(C(F)(F)F)cc2Cl)c1Br. The van der Waals surface area contributed by atoms with E-state index >= 15 is 0 Å². The van der Waals surface area contributed by atoms with E-state index < -0.39 is 11.7 Å². The summed E-state index contributed by atoms with van der Waals surface area (Å²) in [6, 6.07) is 4.99. The molecule has 0 bridgehead atoms. The largest absolute Gasteiger partial charge is 0.492 e. The summed E-state index contributed by atoms with van der Waals surface area (Å²) >= 11 is 15.4. The number of hydrogen-bond donors (Lipinski definition) is 1. The Morgan fingerprint density at radius 1 is 1.21 bits per heavy atom. The highest BCUT2D eigenvalue weighted by Gasteiger charge is 2.33. The van der Waals surface area contributed by atoms with Crippen molar-refractivity contribution < 1.29 is 17.9 Å². The first-order valence-corrected chi connectivity index (χ1v) is 8.97. The number of nitriles is 2. The van der Waals surface area contributed by atoms with Gasteiger partial charge in [0.15, 0.2) is 33.3 Å². The molecule has 0 radical (unpaired) electrons. The number of nitrogens with one attached hydrogen (secondary N) is 1. The predicted octanol–water partition coefficient (Wildman–Crippen LogP) is 5.10. The molecule has 0 fully saturated rings. The molecule has 7 nitrogen and oxygen atoms in total. The van der Waals surface area contributed by atoms with Crippen molar-refractivity contribution in [3.05, 3.63) is 43.7 Å². The number of halogens is 6. The molecule has 2 aromatic heterocycles. The van der Waals surface area contributed by atoms with Crippen LogP contribution in [0, 0.1) is 22.7 Å². The molecule has 0 aliphatic rings. The van der Waals surface area contributed by atoms with Gasteiger partial charge in [0.1, 0.15) is 17.8 Å². The van der Waals surface area contributed by atoms with Gasteiger partial charge in [0.25, 0.3) is 0 Å². The van der Waals surface area contributed by atoms with Crippen LogP contribution >= 0.6 is 39.1 Å². The molecule has 0 saturated carbocycles. The van der Waals surface area contributed by atoms with Gasteiger partial charge >= 0.3 is 6.18 Å². The molecule has 29 heavy (non-hydrogen) atoms. The topological polar surface area (TPSA) is 103 Å². The van der Waals surface area contributed by atoms with E-state index in [4.69, 9.17) is 38.5 Å². The van der Waals surface area contributed by atoms with Crippen LogP contribution in [0.2, 0.25) is 10.0 Å². The molecular weight excluding hydrogens is 500 g/mol. The van der Waals surface area contributed by atoms with Crippen molar-refractivity contribution in [1.29, 1.82) is 10.5 Å². The van der Waals surface area contributed by atoms with Crippen LogP contribution in [-0.4, -0.2) is 26.9 Å². The van der Waals surface area contributed by atoms with E-state index in [2.05, 4.69) is 31.0 Å². The maximum absolute atomic E-state index is 13.0. The van der Waals surface area contributed by atoms with Gasteiger partial charge in [-0.25, -0.2) is 9.67 Å². The molecule has 0 amide bonds. The first-order chi connectivity index (χ1) is 13.6. The highest BCUT2D eigenvalue weighted by Crippen LogP contribution is 2.42. The number of imidazole rings is 1. The Bertz CT molecular complexity index is 1150. The zero-order chi connectivity index (χ0) is 21.5. The molecule has 148 valence electrons. The number of methoxy groups -OCH3 is 1. The van der Waals surface area contributed by atoms with Gasteiger partial charge in [0.2, 0.25) is 0 Å². The predicted molar refractivity (Wildman–Crippen MR) is 99.8 cm³/mol. The lowest BCUT2D eigenvalue weighted by Gasteiger charge is -2.13. The van der Waals surface area contributed by atoms with Crippen molar-refractivity contribution in [2.45, 2.75) is 6.18 Å². The van der Waals surface area contributed by atoms with Crippen LogP contribution in [0.1, 0.15) is 17.0 Å². The third kappa shape index (κ3) is 3.65. The van der Waals surface area contributed by atoms with E-state index in [1.807, 2.05) is 0 Å². The molecule has 0 spiro atoms. The smallest absolute Gasteiger partial charge is 0.416 e. The fourth-order valence-electron chi connectivity index (χ4n) is 2.45. The third-order valence-electron chi connectivity index (χ3n) is 3.69. The number of aromatic amines is 1. The number of ether oxygens (including phenoxy) is 1. The molecule has 1 aromatic carbocycles. The average Bonchev–Trinajstić information content (AvgIpc) is 3.21. The fourth-order valence-corrected chi connectivity index (χ4v) is 3.70. The molecule has 0 aliphatic heterocycles. The lowest BCUT2D eigenvalue weighted by Crippen LogP contribution is -2.07. The standard InChI is InChI=1S/C16H6BrCl2F3N6O/c1-29-13-11(15-25-9(4-23)10(5-24)26-15)27-28(14(13)17)12-7(18)2-6(3-8(12)19)16(20,21)22/h2-3H,1H3,(H,25,26). The summed E-state index contributed by atoms with van der Waals surface area (Å²) in [5, 5.41) is 21.8. The highest BCUT2D eigenvalue weighted by atomic mass is 79.9. The molecule has 0 unspecified atom stereocenters. The number of aromatic nitrogens is 4. The number of hydrogen-bond acceptors (Lipinski definition) is 5. The minimum atomic E-state index is -4.63. The second-order valence-electron chi connectivity index (χ2n) is 5.40. The third-order valence-corrected chi connectivity index (χ3v) is 4.97. The highest BCUT2D eigenvalue weighted by molar-refractivity contribution is 9.10. The number of benzene rings is 1. The van der Waals surface area contributed by atoms with Gasteiger partial charge in [-0.1, -0.05) is 23.2 Å². The first-order valence-electron chi connectivity index (χ1n) is 7.42. The van der Waals surface area contributed by atoms with E-state index in [9.17, 15) is 13.2 Å². The summed E-state index contributed by atoms with van der Waals surface area (Å²) in [4.78, 5) is 6.62. The molecule has 0 saturated heterocycles. The summed E-state index contributed by atoms with van der Waals surface area (Å²) in [6.07, 6.45) is -4.63. The monoisotopic (exact) mass is 504 g/mol. The molecule has 3 aromatic rings. The van der Waals surface area contributed by atoms with Gasteiger partial charge in [-0.15, -0.1) is 0 Å².